The zero-order valence-corrected chi connectivity index (χ0v) is 14.7. The van der Waals surface area contributed by atoms with Gasteiger partial charge < -0.3 is 10.6 Å². The second-order valence-electron chi connectivity index (χ2n) is 6.20. The van der Waals surface area contributed by atoms with E-state index in [1.165, 1.54) is 0 Å². The Bertz CT molecular complexity index is 601. The van der Waals surface area contributed by atoms with Crippen molar-refractivity contribution >= 4 is 29.1 Å². The van der Waals surface area contributed by atoms with Crippen molar-refractivity contribution in [2.24, 2.45) is 0 Å². The van der Waals surface area contributed by atoms with Gasteiger partial charge >= 0.3 is 6.18 Å². The number of rotatable bonds is 4. The molecular formula is C16H19Cl2F3N2O. The van der Waals surface area contributed by atoms with Gasteiger partial charge in [0.2, 0.25) is 5.91 Å². The van der Waals surface area contributed by atoms with Crippen molar-refractivity contribution in [3.05, 3.63) is 33.8 Å². The van der Waals surface area contributed by atoms with Crippen molar-refractivity contribution < 1.29 is 18.0 Å². The molecule has 0 bridgehead atoms. The molecule has 1 aliphatic rings. The second-order valence-corrected chi connectivity index (χ2v) is 7.01. The van der Waals surface area contributed by atoms with Crippen molar-refractivity contribution in [2.75, 3.05) is 13.1 Å². The largest absolute Gasteiger partial charge is 0.408 e. The van der Waals surface area contributed by atoms with Crippen LogP contribution < -0.4 is 10.6 Å². The summed E-state index contributed by atoms with van der Waals surface area (Å²) >= 11 is 12.0. The first-order chi connectivity index (χ1) is 11.1. The molecule has 2 rings (SSSR count). The van der Waals surface area contributed by atoms with Gasteiger partial charge in [-0.25, -0.2) is 0 Å². The average Bonchev–Trinajstić information content (AvgIpc) is 2.49. The van der Waals surface area contributed by atoms with Crippen LogP contribution >= 0.6 is 23.2 Å². The van der Waals surface area contributed by atoms with E-state index < -0.39 is 23.5 Å². The van der Waals surface area contributed by atoms with Gasteiger partial charge in [0.1, 0.15) is 6.04 Å². The number of piperidine rings is 1. The first-order valence-electron chi connectivity index (χ1n) is 7.66. The molecule has 0 unspecified atom stereocenters. The molecule has 2 N–H and O–H groups in total. The fourth-order valence-corrected chi connectivity index (χ4v) is 3.27. The Morgan fingerprint density at radius 2 is 2.08 bits per heavy atom. The summed E-state index contributed by atoms with van der Waals surface area (Å²) in [5.74, 6) is -0.630. The monoisotopic (exact) mass is 382 g/mol. The van der Waals surface area contributed by atoms with Crippen LogP contribution in [0, 0.1) is 0 Å². The van der Waals surface area contributed by atoms with E-state index in [0.717, 1.165) is 25.5 Å². The van der Waals surface area contributed by atoms with E-state index in [1.807, 2.05) is 5.32 Å². The average molecular weight is 383 g/mol. The minimum absolute atomic E-state index is 0.0433. The number of halogens is 5. The highest BCUT2D eigenvalue weighted by molar-refractivity contribution is 6.42. The number of alkyl halides is 3. The number of amides is 1. The lowest BCUT2D eigenvalue weighted by molar-refractivity contribution is -0.158. The molecule has 2 atom stereocenters. The second kappa shape index (κ2) is 7.50. The number of carbonyl (C=O) groups excluding carboxylic acids is 1. The predicted octanol–water partition coefficient (Wildman–Crippen LogP) is 4.07. The van der Waals surface area contributed by atoms with Crippen LogP contribution in [0.15, 0.2) is 18.2 Å². The molecule has 24 heavy (non-hydrogen) atoms. The number of carbonyl (C=O) groups is 1. The topological polar surface area (TPSA) is 41.1 Å². The molecule has 0 spiro atoms. The smallest absolute Gasteiger partial charge is 0.345 e. The molecule has 1 heterocycles. The third-order valence-corrected chi connectivity index (χ3v) is 5.11. The lowest BCUT2D eigenvalue weighted by Gasteiger charge is -2.38. The predicted molar refractivity (Wildman–Crippen MR) is 88.5 cm³/mol. The van der Waals surface area contributed by atoms with E-state index in [1.54, 1.807) is 18.2 Å². The third-order valence-electron chi connectivity index (χ3n) is 4.37. The van der Waals surface area contributed by atoms with Gasteiger partial charge in [-0.1, -0.05) is 29.3 Å². The molecule has 1 aliphatic heterocycles. The fraction of sp³-hybridized carbons (Fsp3) is 0.562. The molecule has 134 valence electrons. The Balaban J connectivity index is 2.22. The summed E-state index contributed by atoms with van der Waals surface area (Å²) in [5, 5.41) is 6.02. The van der Waals surface area contributed by atoms with Gasteiger partial charge in [0.15, 0.2) is 0 Å². The summed E-state index contributed by atoms with van der Waals surface area (Å²) in [6.45, 7) is 2.24. The minimum Gasteiger partial charge on any atom is -0.345 e. The van der Waals surface area contributed by atoms with E-state index in [9.17, 15) is 18.0 Å². The third kappa shape index (κ3) is 4.55. The Hall–Kier alpha value is -0.980. The van der Waals surface area contributed by atoms with Crippen LogP contribution in [-0.4, -0.2) is 31.2 Å². The fourth-order valence-electron chi connectivity index (χ4n) is 2.97. The van der Waals surface area contributed by atoms with Crippen LogP contribution in [0.1, 0.15) is 31.7 Å². The first-order valence-corrected chi connectivity index (χ1v) is 8.42. The van der Waals surface area contributed by atoms with Crippen molar-refractivity contribution in [2.45, 2.75) is 43.8 Å². The Labute approximate surface area is 148 Å². The molecule has 1 saturated heterocycles. The van der Waals surface area contributed by atoms with Crippen molar-refractivity contribution in [1.82, 2.24) is 10.6 Å². The van der Waals surface area contributed by atoms with E-state index in [4.69, 9.17) is 23.2 Å². The molecule has 1 amide bonds. The van der Waals surface area contributed by atoms with E-state index in [0.29, 0.717) is 23.0 Å². The zero-order chi connectivity index (χ0) is 18.0. The minimum atomic E-state index is -4.46. The van der Waals surface area contributed by atoms with E-state index in [-0.39, 0.29) is 6.42 Å². The highest BCUT2D eigenvalue weighted by atomic mass is 35.5. The van der Waals surface area contributed by atoms with Gasteiger partial charge in [-0.05, 0) is 44.0 Å². The summed E-state index contributed by atoms with van der Waals surface area (Å²) in [7, 11) is 0. The zero-order valence-electron chi connectivity index (χ0n) is 13.1. The highest BCUT2D eigenvalue weighted by Gasteiger charge is 2.40. The Morgan fingerprint density at radius 1 is 1.38 bits per heavy atom. The van der Waals surface area contributed by atoms with E-state index >= 15 is 0 Å². The van der Waals surface area contributed by atoms with Crippen LogP contribution in [0.2, 0.25) is 10.0 Å². The van der Waals surface area contributed by atoms with Crippen molar-refractivity contribution in [3.63, 3.8) is 0 Å². The first kappa shape index (κ1) is 19.3. The van der Waals surface area contributed by atoms with Crippen LogP contribution in [0.25, 0.3) is 0 Å². The molecule has 1 aromatic rings. The van der Waals surface area contributed by atoms with Gasteiger partial charge in [0.05, 0.1) is 10.0 Å². The summed E-state index contributed by atoms with van der Waals surface area (Å²) in [6, 6.07) is 3.23. The lowest BCUT2D eigenvalue weighted by atomic mass is 9.72. The summed E-state index contributed by atoms with van der Waals surface area (Å²) in [5.41, 5.74) is 0.209. The summed E-state index contributed by atoms with van der Waals surface area (Å²) < 4.78 is 37.9. The lowest BCUT2D eigenvalue weighted by Crippen LogP contribution is -2.49. The summed E-state index contributed by atoms with van der Waals surface area (Å²) in [4.78, 5) is 12.2. The normalized spacial score (nSPS) is 22.9. The Kier molecular flexibility index (Phi) is 6.04. The molecular weight excluding hydrogens is 364 g/mol. The van der Waals surface area contributed by atoms with Crippen molar-refractivity contribution in [3.8, 4) is 0 Å². The maximum Gasteiger partial charge on any atom is 0.408 e. The molecule has 1 fully saturated rings. The molecule has 1 aromatic carbocycles. The number of nitrogens with one attached hydrogen (secondary N) is 2. The van der Waals surface area contributed by atoms with Crippen LogP contribution in [0.4, 0.5) is 13.2 Å². The number of hydrogen-bond acceptors (Lipinski definition) is 2. The highest BCUT2D eigenvalue weighted by Crippen LogP contribution is 2.37. The van der Waals surface area contributed by atoms with Gasteiger partial charge in [0, 0.05) is 18.4 Å². The standard InChI is InChI=1S/C16H19Cl2F3N2O/c1-10(16(19,20)21)23-14(24)8-15(5-2-6-22-9-15)11-3-4-12(17)13(18)7-11/h3-4,7,10,22H,2,5-6,8-9H2,1H3,(H,23,24)/t10-,15-/m1/s1. The van der Waals surface area contributed by atoms with Gasteiger partial charge in [-0.15, -0.1) is 0 Å². The molecule has 0 radical (unpaired) electrons. The van der Waals surface area contributed by atoms with Crippen LogP contribution in [0.5, 0.6) is 0 Å². The number of benzene rings is 1. The van der Waals surface area contributed by atoms with Crippen molar-refractivity contribution in [1.29, 1.82) is 0 Å². The summed E-state index contributed by atoms with van der Waals surface area (Å²) in [6.07, 6.45) is -3.00. The van der Waals surface area contributed by atoms with Gasteiger partial charge in [0.25, 0.3) is 0 Å². The van der Waals surface area contributed by atoms with Crippen LogP contribution in [-0.2, 0) is 10.2 Å². The maximum absolute atomic E-state index is 12.6. The van der Waals surface area contributed by atoms with Gasteiger partial charge in [-0.2, -0.15) is 13.2 Å². The molecule has 0 aliphatic carbocycles. The quantitative estimate of drug-likeness (QED) is 0.823. The SMILES string of the molecule is C[C@@H](NC(=O)C[C@]1(c2ccc(Cl)c(Cl)c2)CCCNC1)C(F)(F)F. The molecule has 0 aromatic heterocycles. The molecule has 8 heteroatoms. The van der Waals surface area contributed by atoms with E-state index in [2.05, 4.69) is 5.32 Å². The number of hydrogen-bond donors (Lipinski definition) is 2. The maximum atomic E-state index is 12.6. The molecule has 3 nitrogen and oxygen atoms in total. The van der Waals surface area contributed by atoms with Gasteiger partial charge in [-0.3, -0.25) is 4.79 Å². The van der Waals surface area contributed by atoms with Crippen LogP contribution in [0.3, 0.4) is 0 Å². The molecule has 0 saturated carbocycles. The Morgan fingerprint density at radius 3 is 2.62 bits per heavy atom.